The molecule has 2 saturated heterocycles. The lowest BCUT2D eigenvalue weighted by Crippen LogP contribution is -2.53. The summed E-state index contributed by atoms with van der Waals surface area (Å²) in [6.45, 7) is 5.64. The van der Waals surface area contributed by atoms with Crippen LogP contribution >= 0.6 is 23.2 Å². The van der Waals surface area contributed by atoms with Crippen LogP contribution in [0, 0.1) is 0 Å². The summed E-state index contributed by atoms with van der Waals surface area (Å²) in [5.74, 6) is -0.00299. The maximum Gasteiger partial charge on any atom is 0.234 e. The van der Waals surface area contributed by atoms with Crippen LogP contribution in [-0.2, 0) is 26.5 Å². The van der Waals surface area contributed by atoms with E-state index < -0.39 is 5.79 Å². The van der Waals surface area contributed by atoms with Gasteiger partial charge >= 0.3 is 0 Å². The first-order valence-corrected chi connectivity index (χ1v) is 14.1. The molecule has 0 saturated carbocycles. The van der Waals surface area contributed by atoms with Crippen molar-refractivity contribution in [2.75, 3.05) is 44.3 Å². The van der Waals surface area contributed by atoms with Crippen LogP contribution in [-0.4, -0.2) is 61.5 Å². The normalized spacial score (nSPS) is 21.4. The van der Waals surface area contributed by atoms with E-state index >= 15 is 0 Å². The molecule has 1 amide bonds. The molecule has 2 aliphatic heterocycles. The number of ether oxygens (including phenoxy) is 3. The summed E-state index contributed by atoms with van der Waals surface area (Å²) in [5, 5.41) is 12.6. The number of anilines is 1. The standard InChI is InChI=1S/C30H33Cl2N3O5/c1-30(27-11-6-22(31)18-28(27)32)39-20-26(40-30)19-38-25-9-7-23(8-10-25)34-13-15-35(16-14-34)33-29(37)12-5-21-3-2-4-24(36)17-21/h2-4,6-11,17-18,26,36H,5,12-16,19-20H2,1H3,(H,33,37)/t26-,30+/m1/s1. The Kier molecular flexibility index (Phi) is 9.03. The smallest absolute Gasteiger partial charge is 0.234 e. The van der Waals surface area contributed by atoms with Crippen LogP contribution in [0.4, 0.5) is 5.69 Å². The van der Waals surface area contributed by atoms with Crippen molar-refractivity contribution in [1.82, 2.24) is 10.4 Å². The van der Waals surface area contributed by atoms with Gasteiger partial charge in [-0.05, 0) is 67.4 Å². The Morgan fingerprint density at radius 3 is 2.58 bits per heavy atom. The number of hydrogen-bond donors (Lipinski definition) is 2. The number of benzene rings is 3. The van der Waals surface area contributed by atoms with Gasteiger partial charge in [0.2, 0.25) is 5.91 Å². The quantitative estimate of drug-likeness (QED) is 0.359. The van der Waals surface area contributed by atoms with Gasteiger partial charge in [-0.1, -0.05) is 41.4 Å². The Hall–Kier alpha value is -3.01. The van der Waals surface area contributed by atoms with E-state index in [0.29, 0.717) is 36.1 Å². The van der Waals surface area contributed by atoms with Gasteiger partial charge in [-0.3, -0.25) is 10.2 Å². The van der Waals surface area contributed by atoms with Crippen LogP contribution in [0.25, 0.3) is 0 Å². The third-order valence-corrected chi connectivity index (χ3v) is 7.66. The zero-order valence-corrected chi connectivity index (χ0v) is 23.8. The van der Waals surface area contributed by atoms with Gasteiger partial charge in [-0.2, -0.15) is 0 Å². The maximum atomic E-state index is 12.4. The third kappa shape index (κ3) is 7.19. The molecule has 10 heteroatoms. The van der Waals surface area contributed by atoms with Crippen LogP contribution in [0.1, 0.15) is 24.5 Å². The van der Waals surface area contributed by atoms with Gasteiger partial charge in [-0.15, -0.1) is 0 Å². The molecule has 0 aromatic heterocycles. The van der Waals surface area contributed by atoms with Crippen molar-refractivity contribution in [3.63, 3.8) is 0 Å². The van der Waals surface area contributed by atoms with Gasteiger partial charge in [-0.25, -0.2) is 5.01 Å². The number of aryl methyl sites for hydroxylation is 1. The zero-order valence-electron chi connectivity index (χ0n) is 22.3. The molecule has 2 aliphatic rings. The molecular formula is C30H33Cl2N3O5. The average molecular weight is 587 g/mol. The molecule has 3 aromatic carbocycles. The molecule has 2 N–H and O–H groups in total. The molecule has 2 atom stereocenters. The summed E-state index contributed by atoms with van der Waals surface area (Å²) < 4.78 is 18.1. The molecule has 0 spiro atoms. The molecule has 2 fully saturated rings. The lowest BCUT2D eigenvalue weighted by atomic mass is 10.1. The van der Waals surface area contributed by atoms with Crippen molar-refractivity contribution in [1.29, 1.82) is 0 Å². The minimum Gasteiger partial charge on any atom is -0.508 e. The number of hydrazine groups is 1. The van der Waals surface area contributed by atoms with Crippen molar-refractivity contribution >= 4 is 34.8 Å². The maximum absolute atomic E-state index is 12.4. The summed E-state index contributed by atoms with van der Waals surface area (Å²) in [4.78, 5) is 14.7. The van der Waals surface area contributed by atoms with E-state index in [1.54, 1.807) is 30.3 Å². The van der Waals surface area contributed by atoms with Crippen LogP contribution in [0.15, 0.2) is 66.7 Å². The highest BCUT2D eigenvalue weighted by atomic mass is 35.5. The summed E-state index contributed by atoms with van der Waals surface area (Å²) in [6, 6.07) is 20.3. The first kappa shape index (κ1) is 28.5. The highest BCUT2D eigenvalue weighted by molar-refractivity contribution is 6.35. The van der Waals surface area contributed by atoms with E-state index in [1.165, 1.54) is 0 Å². The Balaban J connectivity index is 1.04. The molecule has 3 aromatic rings. The fraction of sp³-hybridized carbons (Fsp3) is 0.367. The number of piperazine rings is 1. The number of nitrogens with one attached hydrogen (secondary N) is 1. The summed E-state index contributed by atoms with van der Waals surface area (Å²) in [6.07, 6.45) is 0.724. The van der Waals surface area contributed by atoms with Crippen molar-refractivity contribution in [3.8, 4) is 11.5 Å². The third-order valence-electron chi connectivity index (χ3n) is 7.11. The van der Waals surface area contributed by atoms with Gasteiger partial charge in [0.15, 0.2) is 5.79 Å². The summed E-state index contributed by atoms with van der Waals surface area (Å²) in [7, 11) is 0. The van der Waals surface area contributed by atoms with Gasteiger partial charge in [0.05, 0.1) is 11.6 Å². The predicted molar refractivity (Wildman–Crippen MR) is 155 cm³/mol. The van der Waals surface area contributed by atoms with E-state index in [9.17, 15) is 9.90 Å². The second-order valence-electron chi connectivity index (χ2n) is 10.1. The number of nitrogens with zero attached hydrogens (tertiary/aromatic N) is 2. The molecule has 212 valence electrons. The number of carbonyl (C=O) groups excluding carboxylic acids is 1. The molecule has 0 bridgehead atoms. The number of hydrogen-bond acceptors (Lipinski definition) is 7. The Morgan fingerprint density at radius 1 is 1.07 bits per heavy atom. The van der Waals surface area contributed by atoms with E-state index in [4.69, 9.17) is 37.4 Å². The van der Waals surface area contributed by atoms with Gasteiger partial charge < -0.3 is 24.2 Å². The number of phenolic OH excluding ortho intramolecular Hbond substituents is 1. The fourth-order valence-corrected chi connectivity index (χ4v) is 5.52. The highest BCUT2D eigenvalue weighted by Crippen LogP contribution is 2.38. The molecule has 2 heterocycles. The Bertz CT molecular complexity index is 1320. The number of amides is 1. The number of carbonyl (C=O) groups is 1. The van der Waals surface area contributed by atoms with E-state index in [-0.39, 0.29) is 17.8 Å². The zero-order chi connectivity index (χ0) is 28.1. The van der Waals surface area contributed by atoms with E-state index in [1.807, 2.05) is 48.3 Å². The van der Waals surface area contributed by atoms with E-state index in [2.05, 4.69) is 10.3 Å². The lowest BCUT2D eigenvalue weighted by molar-refractivity contribution is -0.164. The second-order valence-corrected chi connectivity index (χ2v) is 10.9. The minimum atomic E-state index is -0.951. The van der Waals surface area contributed by atoms with Crippen molar-refractivity contribution in [3.05, 3.63) is 87.9 Å². The molecule has 0 unspecified atom stereocenters. The number of halogens is 2. The van der Waals surface area contributed by atoms with Crippen LogP contribution in [0.5, 0.6) is 11.5 Å². The largest absolute Gasteiger partial charge is 0.508 e. The topological polar surface area (TPSA) is 83.5 Å². The molecule has 0 aliphatic carbocycles. The molecular weight excluding hydrogens is 553 g/mol. The summed E-state index contributed by atoms with van der Waals surface area (Å²) in [5.41, 5.74) is 5.78. The monoisotopic (exact) mass is 585 g/mol. The predicted octanol–water partition coefficient (Wildman–Crippen LogP) is 5.15. The second kappa shape index (κ2) is 12.7. The first-order valence-electron chi connectivity index (χ1n) is 13.3. The van der Waals surface area contributed by atoms with Crippen molar-refractivity contribution < 1.29 is 24.1 Å². The minimum absolute atomic E-state index is 0.0217. The van der Waals surface area contributed by atoms with Crippen molar-refractivity contribution in [2.45, 2.75) is 31.7 Å². The van der Waals surface area contributed by atoms with Crippen LogP contribution in [0.3, 0.4) is 0 Å². The molecule has 8 nitrogen and oxygen atoms in total. The molecule has 40 heavy (non-hydrogen) atoms. The van der Waals surface area contributed by atoms with Gasteiger partial charge in [0.25, 0.3) is 0 Å². The van der Waals surface area contributed by atoms with Gasteiger partial charge in [0, 0.05) is 48.9 Å². The highest BCUT2D eigenvalue weighted by Gasteiger charge is 2.40. The number of rotatable bonds is 9. The SMILES string of the molecule is C[C@]1(c2ccc(Cl)cc2Cl)OC[C@@H](COc2ccc(N3CCN(NC(=O)CCc4cccc(O)c4)CC3)cc2)O1. The van der Waals surface area contributed by atoms with Crippen molar-refractivity contribution in [2.24, 2.45) is 0 Å². The van der Waals surface area contributed by atoms with E-state index in [0.717, 1.165) is 48.7 Å². The molecule has 0 radical (unpaired) electrons. The Labute approximate surface area is 244 Å². The fourth-order valence-electron chi connectivity index (χ4n) is 4.94. The Morgan fingerprint density at radius 2 is 1.85 bits per heavy atom. The first-order chi connectivity index (χ1) is 19.3. The van der Waals surface area contributed by atoms with Crippen LogP contribution < -0.4 is 15.1 Å². The lowest BCUT2D eigenvalue weighted by Gasteiger charge is -2.36. The number of phenols is 1. The van der Waals surface area contributed by atoms with Crippen LogP contribution in [0.2, 0.25) is 10.0 Å². The summed E-state index contributed by atoms with van der Waals surface area (Å²) >= 11 is 12.4. The molecule has 5 rings (SSSR count). The average Bonchev–Trinajstić information content (AvgIpc) is 3.33. The number of aromatic hydroxyl groups is 1. The van der Waals surface area contributed by atoms with Gasteiger partial charge in [0.1, 0.15) is 24.2 Å².